The molecule has 1 aliphatic carbocycles. The van der Waals surface area contributed by atoms with Crippen molar-refractivity contribution in [3.05, 3.63) is 120 Å². The van der Waals surface area contributed by atoms with Crippen LogP contribution in [0.15, 0.2) is 102 Å². The average Bonchev–Trinajstić information content (AvgIpc) is 3.69. The number of carbonyl (C=O) groups excluding carboxylic acids is 1. The highest BCUT2D eigenvalue weighted by Crippen LogP contribution is 2.51. The van der Waals surface area contributed by atoms with Gasteiger partial charge in [0.1, 0.15) is 0 Å². The molecule has 0 saturated heterocycles. The van der Waals surface area contributed by atoms with Gasteiger partial charge in [-0.15, -0.1) is 0 Å². The normalized spacial score (nSPS) is 13.7. The van der Waals surface area contributed by atoms with Crippen LogP contribution in [0.25, 0.3) is 33.7 Å². The topological polar surface area (TPSA) is 65.2 Å². The van der Waals surface area contributed by atoms with Crippen molar-refractivity contribution < 1.29 is 14.1 Å². The van der Waals surface area contributed by atoms with Gasteiger partial charge in [-0.3, -0.25) is 9.78 Å². The van der Waals surface area contributed by atoms with Crippen LogP contribution < -0.4 is 0 Å². The summed E-state index contributed by atoms with van der Waals surface area (Å²) < 4.78 is 11.0. The van der Waals surface area contributed by atoms with Crippen LogP contribution in [-0.2, 0) is 21.4 Å². The summed E-state index contributed by atoms with van der Waals surface area (Å²) in [6.07, 6.45) is 3.16. The first-order chi connectivity index (χ1) is 19.5. The van der Waals surface area contributed by atoms with Crippen LogP contribution in [0.2, 0.25) is 0 Å². The number of rotatable bonds is 9. The summed E-state index contributed by atoms with van der Waals surface area (Å²) in [6, 6.07) is 33.4. The van der Waals surface area contributed by atoms with Crippen LogP contribution >= 0.6 is 0 Å². The quantitative estimate of drug-likeness (QED) is 0.182. The van der Waals surface area contributed by atoms with Gasteiger partial charge >= 0.3 is 5.97 Å². The number of carbonyl (C=O) groups is 1. The molecule has 1 aliphatic rings. The Balaban J connectivity index is 1.19. The molecule has 5 nitrogen and oxygen atoms in total. The molecule has 0 spiro atoms. The first-order valence-electron chi connectivity index (χ1n) is 13.9. The number of aryl methyl sites for hydroxylation is 1. The van der Waals surface area contributed by atoms with Gasteiger partial charge in [0.25, 0.3) is 0 Å². The van der Waals surface area contributed by atoms with E-state index in [1.807, 2.05) is 44.2 Å². The largest absolute Gasteiger partial charge is 0.466 e. The first kappa shape index (κ1) is 25.8. The zero-order valence-corrected chi connectivity index (χ0v) is 22.9. The molecule has 2 aromatic heterocycles. The van der Waals surface area contributed by atoms with Gasteiger partial charge in [0.15, 0.2) is 5.76 Å². The van der Waals surface area contributed by atoms with Crippen LogP contribution in [0, 0.1) is 6.92 Å². The summed E-state index contributed by atoms with van der Waals surface area (Å²) in [6.45, 7) is 4.26. The van der Waals surface area contributed by atoms with E-state index in [0.29, 0.717) is 19.4 Å². The second-order valence-corrected chi connectivity index (χ2v) is 10.5. The fraction of sp³-hybridized carbons (Fsp3) is 0.229. The van der Waals surface area contributed by atoms with E-state index in [1.165, 1.54) is 5.56 Å². The molecule has 0 atom stereocenters. The molecule has 0 unspecified atom stereocenters. The highest BCUT2D eigenvalue weighted by Gasteiger charge is 2.46. The van der Waals surface area contributed by atoms with E-state index in [9.17, 15) is 4.79 Å². The van der Waals surface area contributed by atoms with Gasteiger partial charge in [-0.25, -0.2) is 0 Å². The smallest absolute Gasteiger partial charge is 0.306 e. The molecule has 0 radical (unpaired) electrons. The molecule has 0 aliphatic heterocycles. The summed E-state index contributed by atoms with van der Waals surface area (Å²) >= 11 is 0. The Morgan fingerprint density at radius 2 is 1.50 bits per heavy atom. The lowest BCUT2D eigenvalue weighted by Gasteiger charge is -2.15. The van der Waals surface area contributed by atoms with Crippen molar-refractivity contribution in [3.63, 3.8) is 0 Å². The molecule has 5 heteroatoms. The van der Waals surface area contributed by atoms with E-state index >= 15 is 0 Å². The van der Waals surface area contributed by atoms with Crippen molar-refractivity contribution in [2.24, 2.45) is 0 Å². The fourth-order valence-electron chi connectivity index (χ4n) is 5.39. The van der Waals surface area contributed by atoms with E-state index in [-0.39, 0.29) is 11.4 Å². The number of pyridine rings is 1. The number of esters is 1. The lowest BCUT2D eigenvalue weighted by molar-refractivity contribution is -0.143. The zero-order chi connectivity index (χ0) is 27.5. The molecule has 0 bridgehead atoms. The third-order valence-corrected chi connectivity index (χ3v) is 7.84. The van der Waals surface area contributed by atoms with Crippen LogP contribution in [0.4, 0.5) is 0 Å². The number of hydrogen-bond acceptors (Lipinski definition) is 5. The molecule has 6 rings (SSSR count). The first-order valence-corrected chi connectivity index (χ1v) is 13.9. The summed E-state index contributed by atoms with van der Waals surface area (Å²) in [4.78, 5) is 17.0. The predicted molar refractivity (Wildman–Crippen MR) is 157 cm³/mol. The van der Waals surface area contributed by atoms with Crippen LogP contribution in [0.3, 0.4) is 0 Å². The molecule has 1 saturated carbocycles. The van der Waals surface area contributed by atoms with Gasteiger partial charge in [-0.2, -0.15) is 0 Å². The minimum atomic E-state index is -0.110. The Bertz CT molecular complexity index is 1620. The fourth-order valence-corrected chi connectivity index (χ4v) is 5.39. The highest BCUT2D eigenvalue weighted by atomic mass is 16.5. The number of nitrogens with zero attached hydrogens (tertiary/aromatic N) is 2. The predicted octanol–water partition coefficient (Wildman–Crippen LogP) is 7.95. The van der Waals surface area contributed by atoms with Gasteiger partial charge in [0.2, 0.25) is 0 Å². The van der Waals surface area contributed by atoms with Gasteiger partial charge < -0.3 is 9.26 Å². The van der Waals surface area contributed by atoms with Crippen molar-refractivity contribution in [2.75, 3.05) is 6.61 Å². The second kappa shape index (κ2) is 10.9. The van der Waals surface area contributed by atoms with Crippen molar-refractivity contribution in [1.29, 1.82) is 0 Å². The van der Waals surface area contributed by atoms with E-state index in [0.717, 1.165) is 63.5 Å². The summed E-state index contributed by atoms with van der Waals surface area (Å²) in [5.41, 5.74) is 9.36. The summed E-state index contributed by atoms with van der Waals surface area (Å²) in [7, 11) is 0. The molecule has 3 aromatic carbocycles. The minimum absolute atomic E-state index is 0.0509. The third kappa shape index (κ3) is 5.32. The monoisotopic (exact) mass is 528 g/mol. The molecule has 1 fully saturated rings. The third-order valence-electron chi connectivity index (χ3n) is 7.84. The van der Waals surface area contributed by atoms with Crippen LogP contribution in [-0.4, -0.2) is 22.7 Å². The summed E-state index contributed by atoms with van der Waals surface area (Å²) in [5, 5.41) is 4.29. The SMILES string of the molecule is CCOC(=O)CC1(c2ccc(-c3ccc(-c4onc(C)c4Cc4cccc(-c5ccccc5)n4)cc3)cc2)CC1. The zero-order valence-electron chi connectivity index (χ0n) is 22.9. The Morgan fingerprint density at radius 3 is 2.17 bits per heavy atom. The van der Waals surface area contributed by atoms with E-state index in [1.54, 1.807) is 0 Å². The second-order valence-electron chi connectivity index (χ2n) is 10.5. The maximum absolute atomic E-state index is 12.1. The van der Waals surface area contributed by atoms with E-state index in [2.05, 4.69) is 71.9 Å². The highest BCUT2D eigenvalue weighted by molar-refractivity contribution is 5.73. The number of benzene rings is 3. The van der Waals surface area contributed by atoms with Crippen LogP contribution in [0.5, 0.6) is 0 Å². The van der Waals surface area contributed by atoms with E-state index < -0.39 is 0 Å². The molecule has 200 valence electrons. The van der Waals surface area contributed by atoms with Crippen molar-refractivity contribution >= 4 is 5.97 Å². The molecule has 0 N–H and O–H groups in total. The standard InChI is InChI=1S/C35H32N2O3/c1-3-39-33(38)23-35(20-21-35)29-18-16-26(17-19-29)25-12-14-28(15-13-25)34-31(24(2)37-40-34)22-30-10-7-11-32(36-30)27-8-5-4-6-9-27/h4-19H,3,20-23H2,1-2H3. The van der Waals surface area contributed by atoms with Crippen molar-refractivity contribution in [1.82, 2.24) is 10.1 Å². The molecular weight excluding hydrogens is 496 g/mol. The van der Waals surface area contributed by atoms with Crippen molar-refractivity contribution in [3.8, 4) is 33.7 Å². The maximum Gasteiger partial charge on any atom is 0.306 e. The van der Waals surface area contributed by atoms with Gasteiger partial charge in [-0.1, -0.05) is 90.1 Å². The minimum Gasteiger partial charge on any atom is -0.466 e. The molecule has 0 amide bonds. The molecule has 5 aromatic rings. The Hall–Kier alpha value is -4.51. The van der Waals surface area contributed by atoms with Gasteiger partial charge in [-0.05, 0) is 55.5 Å². The molecule has 40 heavy (non-hydrogen) atoms. The van der Waals surface area contributed by atoms with Crippen LogP contribution in [0.1, 0.15) is 48.7 Å². The molecule has 2 heterocycles. The number of aromatic nitrogens is 2. The summed E-state index contributed by atoms with van der Waals surface area (Å²) in [5.74, 6) is 0.669. The maximum atomic E-state index is 12.1. The number of ether oxygens (including phenoxy) is 1. The van der Waals surface area contributed by atoms with Gasteiger partial charge in [0.05, 0.1) is 24.4 Å². The Morgan fingerprint density at radius 1 is 0.825 bits per heavy atom. The van der Waals surface area contributed by atoms with Gasteiger partial charge in [0, 0.05) is 34.2 Å². The van der Waals surface area contributed by atoms with E-state index in [4.69, 9.17) is 14.2 Å². The Labute approximate surface area is 234 Å². The Kier molecular flexibility index (Phi) is 7.04. The molecular formula is C35H32N2O3. The lowest BCUT2D eigenvalue weighted by Crippen LogP contribution is -2.15. The number of hydrogen-bond donors (Lipinski definition) is 0. The lowest BCUT2D eigenvalue weighted by atomic mass is 9.90. The van der Waals surface area contributed by atoms with Crippen molar-refractivity contribution in [2.45, 2.75) is 44.9 Å². The average molecular weight is 529 g/mol.